The zero-order valence-electron chi connectivity index (χ0n) is 30.8. The van der Waals surface area contributed by atoms with E-state index >= 15 is 0 Å². The summed E-state index contributed by atoms with van der Waals surface area (Å²) in [7, 11) is 0. The molecule has 6 fully saturated rings. The molecule has 11 atom stereocenters. The number of nitrogens with zero attached hydrogens (tertiary/aromatic N) is 3. The summed E-state index contributed by atoms with van der Waals surface area (Å²) in [5.74, 6) is -0.137. The van der Waals surface area contributed by atoms with Gasteiger partial charge in [-0.15, -0.1) is 5.10 Å². The summed E-state index contributed by atoms with van der Waals surface area (Å²) >= 11 is 0. The molecule has 0 spiro atoms. The third-order valence-electron chi connectivity index (χ3n) is 15.6. The van der Waals surface area contributed by atoms with Crippen LogP contribution in [0.15, 0.2) is 28.5 Å². The van der Waals surface area contributed by atoms with Crippen LogP contribution in [0, 0.1) is 39.9 Å². The molecule has 1 aromatic heterocycles. The number of carbonyl (C=O) groups excluding carboxylic acids is 2. The largest absolute Gasteiger partial charge is 0.458 e. The number of allylic oxidation sites excluding steroid dienone is 3. The van der Waals surface area contributed by atoms with Crippen LogP contribution in [0.5, 0.6) is 0 Å². The van der Waals surface area contributed by atoms with Gasteiger partial charge in [0.1, 0.15) is 6.10 Å². The standard InChI is InChI=1S/C40H60N4O5/c1-23(45)34(27-13-9-12-26(18-27)25-10-7-8-11-25)35-29-19-30(47)36-37(3)16-15-33(48)40(6,44-22-28(21-41)42-43-44)32(37)14-17-38(36,4)39(29,5)20-31(35)49-24(2)46/h22,27,29-33,36,47-48H,7-21,41H2,1-6H3/b35-34+/t27?,29-,30+,31-,32+,33+,36-,37-,38-,39-,40+/m0/s1. The Kier molecular flexibility index (Phi) is 8.87. The molecule has 9 heteroatoms. The highest BCUT2D eigenvalue weighted by Crippen LogP contribution is 2.75. The molecule has 0 saturated heterocycles. The van der Waals surface area contributed by atoms with E-state index in [0.717, 1.165) is 56.1 Å². The number of hydrogen-bond acceptors (Lipinski definition) is 8. The number of esters is 1. The van der Waals surface area contributed by atoms with Gasteiger partial charge in [-0.3, -0.25) is 9.59 Å². The average molecular weight is 677 g/mol. The lowest BCUT2D eigenvalue weighted by Gasteiger charge is -2.70. The second-order valence-corrected chi connectivity index (χ2v) is 17.8. The predicted octanol–water partition coefficient (Wildman–Crippen LogP) is 6.31. The molecular weight excluding hydrogens is 616 g/mol. The van der Waals surface area contributed by atoms with E-state index in [4.69, 9.17) is 10.5 Å². The first-order valence-corrected chi connectivity index (χ1v) is 19.3. The van der Waals surface area contributed by atoms with Crippen molar-refractivity contribution in [2.45, 2.75) is 162 Å². The molecule has 0 aliphatic heterocycles. The third-order valence-corrected chi connectivity index (χ3v) is 15.6. The molecule has 0 amide bonds. The number of Topliss-reactive ketones (excluding diaryl/α,β-unsaturated/α-hetero) is 1. The Morgan fingerprint density at radius 2 is 1.69 bits per heavy atom. The first kappa shape index (κ1) is 35.1. The maximum absolute atomic E-state index is 13.9. The number of aliphatic hydroxyl groups excluding tert-OH is 2. The summed E-state index contributed by atoms with van der Waals surface area (Å²) in [6, 6.07) is 0. The maximum Gasteiger partial charge on any atom is 0.303 e. The van der Waals surface area contributed by atoms with Crippen molar-refractivity contribution in [1.82, 2.24) is 15.0 Å². The fourth-order valence-corrected chi connectivity index (χ4v) is 13.4. The molecule has 0 radical (unpaired) electrons. The molecule has 7 rings (SSSR count). The van der Waals surface area contributed by atoms with Crippen molar-refractivity contribution in [1.29, 1.82) is 0 Å². The van der Waals surface area contributed by atoms with Gasteiger partial charge >= 0.3 is 5.97 Å². The summed E-state index contributed by atoms with van der Waals surface area (Å²) in [6.45, 7) is 12.7. The van der Waals surface area contributed by atoms with E-state index in [0.29, 0.717) is 25.0 Å². The highest BCUT2D eigenvalue weighted by Gasteiger charge is 2.72. The van der Waals surface area contributed by atoms with Crippen molar-refractivity contribution >= 4 is 11.8 Å². The Labute approximate surface area is 292 Å². The van der Waals surface area contributed by atoms with E-state index < -0.39 is 23.9 Å². The molecule has 1 aromatic rings. The molecule has 4 N–H and O–H groups in total. The predicted molar refractivity (Wildman–Crippen MR) is 187 cm³/mol. The number of hydrogen-bond donors (Lipinski definition) is 3. The van der Waals surface area contributed by atoms with Gasteiger partial charge in [-0.1, -0.05) is 37.1 Å². The van der Waals surface area contributed by atoms with E-state index in [1.807, 2.05) is 10.9 Å². The number of rotatable bonds is 5. The van der Waals surface area contributed by atoms with Crippen LogP contribution in [0.1, 0.15) is 137 Å². The van der Waals surface area contributed by atoms with Gasteiger partial charge in [0.25, 0.3) is 0 Å². The molecule has 9 nitrogen and oxygen atoms in total. The van der Waals surface area contributed by atoms with Crippen LogP contribution in [0.3, 0.4) is 0 Å². The molecule has 0 aromatic carbocycles. The highest BCUT2D eigenvalue weighted by atomic mass is 16.5. The number of aromatic nitrogens is 3. The maximum atomic E-state index is 13.9. The van der Waals surface area contributed by atoms with Crippen molar-refractivity contribution < 1.29 is 24.5 Å². The Morgan fingerprint density at radius 3 is 2.35 bits per heavy atom. The highest BCUT2D eigenvalue weighted by molar-refractivity contribution is 5.95. The van der Waals surface area contributed by atoms with Crippen molar-refractivity contribution in [3.63, 3.8) is 0 Å². The second kappa shape index (κ2) is 12.4. The van der Waals surface area contributed by atoms with E-state index in [2.05, 4.69) is 38.0 Å². The number of carbonyl (C=O) groups is 2. The zero-order chi connectivity index (χ0) is 35.1. The van der Waals surface area contributed by atoms with E-state index in [1.165, 1.54) is 32.6 Å². The van der Waals surface area contributed by atoms with Gasteiger partial charge in [-0.25, -0.2) is 4.68 Å². The summed E-state index contributed by atoms with van der Waals surface area (Å²) in [6.07, 6.45) is 13.6. The number of ether oxygens (including phenoxy) is 1. The fraction of sp³-hybridized carbons (Fsp3) is 0.800. The van der Waals surface area contributed by atoms with E-state index in [-0.39, 0.29) is 58.2 Å². The van der Waals surface area contributed by atoms with Crippen LogP contribution >= 0.6 is 0 Å². The smallest absolute Gasteiger partial charge is 0.303 e. The number of ketones is 1. The molecular formula is C40H60N4O5. The lowest BCUT2D eigenvalue weighted by Crippen LogP contribution is -2.69. The van der Waals surface area contributed by atoms with Crippen LogP contribution in [0.25, 0.3) is 0 Å². The molecule has 6 aliphatic carbocycles. The van der Waals surface area contributed by atoms with Crippen LogP contribution < -0.4 is 5.73 Å². The van der Waals surface area contributed by atoms with Crippen LogP contribution in [0.4, 0.5) is 0 Å². The zero-order valence-corrected chi connectivity index (χ0v) is 30.8. The van der Waals surface area contributed by atoms with Gasteiger partial charge in [0, 0.05) is 19.0 Å². The first-order valence-electron chi connectivity index (χ1n) is 19.3. The molecule has 49 heavy (non-hydrogen) atoms. The monoisotopic (exact) mass is 676 g/mol. The fourth-order valence-electron chi connectivity index (χ4n) is 13.4. The number of fused-ring (bicyclic) bond motifs is 5. The number of aliphatic hydroxyl groups is 2. The molecule has 1 heterocycles. The van der Waals surface area contributed by atoms with Crippen molar-refractivity contribution in [2.24, 2.45) is 45.7 Å². The summed E-state index contributed by atoms with van der Waals surface area (Å²) in [5.41, 5.74) is 10.1. The Morgan fingerprint density at radius 1 is 0.980 bits per heavy atom. The van der Waals surface area contributed by atoms with Crippen LogP contribution in [-0.2, 0) is 26.4 Å². The van der Waals surface area contributed by atoms with Gasteiger partial charge in [-0.05, 0) is 149 Å². The minimum Gasteiger partial charge on any atom is -0.458 e. The lowest BCUT2D eigenvalue weighted by atomic mass is 9.35. The number of nitrogens with two attached hydrogens (primary N) is 1. The normalized spacial score (nSPS) is 44.6. The average Bonchev–Trinajstić information content (AvgIpc) is 3.81. The quantitative estimate of drug-likeness (QED) is 0.187. The van der Waals surface area contributed by atoms with Crippen LogP contribution in [0.2, 0.25) is 0 Å². The minimum absolute atomic E-state index is 0.0455. The second-order valence-electron chi connectivity index (χ2n) is 17.8. The van der Waals surface area contributed by atoms with Gasteiger partial charge in [-0.2, -0.15) is 0 Å². The molecule has 270 valence electrons. The lowest BCUT2D eigenvalue weighted by molar-refractivity contribution is -0.249. The van der Waals surface area contributed by atoms with Crippen molar-refractivity contribution in [3.8, 4) is 0 Å². The van der Waals surface area contributed by atoms with Crippen molar-refractivity contribution in [2.75, 3.05) is 0 Å². The third kappa shape index (κ3) is 5.17. The molecule has 0 bridgehead atoms. The summed E-state index contributed by atoms with van der Waals surface area (Å²) < 4.78 is 8.09. The Balaban J connectivity index is 1.31. The summed E-state index contributed by atoms with van der Waals surface area (Å²) in [5, 5.41) is 33.0. The SMILES string of the molecule is CC(=O)O[C@H]1C[C@@]2(C)[C@@H](C[C@@H](O)[C@H]3[C@@]4(C)CC[C@@H](O)[C@](C)(n5cc(CN)nn5)[C@@H]4CC[C@@]32C)/C1=C(/C(C)=O)C1CCCC(=C2CCCC2)C1. The van der Waals surface area contributed by atoms with Crippen LogP contribution in [-0.4, -0.2) is 55.3 Å². The molecule has 6 saturated carbocycles. The minimum atomic E-state index is -0.693. The van der Waals surface area contributed by atoms with Gasteiger partial charge in [0.15, 0.2) is 5.78 Å². The van der Waals surface area contributed by atoms with Crippen molar-refractivity contribution in [3.05, 3.63) is 34.2 Å². The first-order chi connectivity index (χ1) is 23.2. The molecule has 6 aliphatic rings. The van der Waals surface area contributed by atoms with Gasteiger partial charge in [0.2, 0.25) is 0 Å². The Bertz CT molecular complexity index is 1560. The molecule has 1 unspecified atom stereocenters. The van der Waals surface area contributed by atoms with Gasteiger partial charge in [0.05, 0.1) is 29.6 Å². The Hall–Kier alpha value is -2.36. The van der Waals surface area contributed by atoms with E-state index in [9.17, 15) is 19.8 Å². The summed E-state index contributed by atoms with van der Waals surface area (Å²) in [4.78, 5) is 26.6. The van der Waals surface area contributed by atoms with Gasteiger partial charge < -0.3 is 20.7 Å². The van der Waals surface area contributed by atoms with E-state index in [1.54, 1.807) is 18.1 Å². The topological polar surface area (TPSA) is 141 Å².